The Morgan fingerprint density at radius 1 is 1.23 bits per heavy atom. The summed E-state index contributed by atoms with van der Waals surface area (Å²) in [7, 11) is 0. The molecule has 1 aromatic carbocycles. The Bertz CT molecular complexity index is 730. The van der Waals surface area contributed by atoms with E-state index in [-0.39, 0.29) is 5.97 Å². The number of carbonyl (C=O) groups excluding carboxylic acids is 1. The molecule has 0 amide bonds. The molecule has 0 saturated carbocycles. The van der Waals surface area contributed by atoms with Crippen LogP contribution in [-0.2, 0) is 20.7 Å². The largest absolute Gasteiger partial charge is 0.466 e. The molecule has 2 aromatic rings. The van der Waals surface area contributed by atoms with Crippen LogP contribution in [0.4, 0.5) is 5.82 Å². The van der Waals surface area contributed by atoms with Crippen molar-refractivity contribution in [2.24, 2.45) is 0 Å². The molecule has 0 spiro atoms. The molecule has 0 radical (unpaired) electrons. The predicted molar refractivity (Wildman–Crippen MR) is 99.3 cm³/mol. The summed E-state index contributed by atoms with van der Waals surface area (Å²) >= 11 is 0. The van der Waals surface area contributed by atoms with E-state index in [1.165, 1.54) is 0 Å². The van der Waals surface area contributed by atoms with Crippen LogP contribution in [0.5, 0.6) is 0 Å². The summed E-state index contributed by atoms with van der Waals surface area (Å²) < 4.78 is 10.7. The molecular weight excluding hydrogens is 330 g/mol. The standard InChI is InChI=1S/C20H25N3O3/c1-3-26-20(24)17(16-7-5-4-6-8-16)14-18-21-15(2)13-19(22-18)23-9-11-25-12-10-23/h4-8,13,17H,3,9-12,14H2,1-2H3. The van der Waals surface area contributed by atoms with Crippen molar-refractivity contribution in [2.45, 2.75) is 26.2 Å². The second kappa shape index (κ2) is 8.76. The van der Waals surface area contributed by atoms with E-state index in [0.717, 1.165) is 30.2 Å². The van der Waals surface area contributed by atoms with Gasteiger partial charge in [0.05, 0.1) is 25.7 Å². The third kappa shape index (κ3) is 4.58. The Morgan fingerprint density at radius 3 is 2.65 bits per heavy atom. The van der Waals surface area contributed by atoms with Gasteiger partial charge in [-0.25, -0.2) is 9.97 Å². The first-order valence-corrected chi connectivity index (χ1v) is 9.06. The maximum Gasteiger partial charge on any atom is 0.313 e. The number of carbonyl (C=O) groups is 1. The summed E-state index contributed by atoms with van der Waals surface area (Å²) in [4.78, 5) is 24.0. The number of nitrogens with zero attached hydrogens (tertiary/aromatic N) is 3. The molecule has 1 atom stereocenters. The number of hydrogen-bond acceptors (Lipinski definition) is 6. The molecular formula is C20H25N3O3. The van der Waals surface area contributed by atoms with Gasteiger partial charge in [-0.2, -0.15) is 0 Å². The highest BCUT2D eigenvalue weighted by Gasteiger charge is 2.24. The van der Waals surface area contributed by atoms with Crippen LogP contribution in [0.15, 0.2) is 36.4 Å². The zero-order chi connectivity index (χ0) is 18.4. The number of ether oxygens (including phenoxy) is 2. The molecule has 0 bridgehead atoms. The Hall–Kier alpha value is -2.47. The normalized spacial score (nSPS) is 15.5. The van der Waals surface area contributed by atoms with Crippen molar-refractivity contribution in [1.29, 1.82) is 0 Å². The van der Waals surface area contributed by atoms with Crippen LogP contribution >= 0.6 is 0 Å². The number of hydrogen-bond donors (Lipinski definition) is 0. The average molecular weight is 355 g/mol. The van der Waals surface area contributed by atoms with Gasteiger partial charge in [0, 0.05) is 31.3 Å². The van der Waals surface area contributed by atoms with Crippen LogP contribution in [0.25, 0.3) is 0 Å². The van der Waals surface area contributed by atoms with E-state index in [2.05, 4.69) is 9.88 Å². The van der Waals surface area contributed by atoms with Crippen LogP contribution in [-0.4, -0.2) is 48.8 Å². The van der Waals surface area contributed by atoms with E-state index in [9.17, 15) is 4.79 Å². The van der Waals surface area contributed by atoms with E-state index in [1.807, 2.05) is 50.2 Å². The molecule has 26 heavy (non-hydrogen) atoms. The SMILES string of the molecule is CCOC(=O)C(Cc1nc(C)cc(N2CCOCC2)n1)c1ccccc1. The van der Waals surface area contributed by atoms with Gasteiger partial charge in [0.1, 0.15) is 11.6 Å². The molecule has 1 aliphatic rings. The minimum atomic E-state index is -0.407. The molecule has 3 rings (SSSR count). The third-order valence-corrected chi connectivity index (χ3v) is 4.38. The van der Waals surface area contributed by atoms with E-state index in [4.69, 9.17) is 14.5 Å². The maximum atomic E-state index is 12.5. The molecule has 0 aliphatic carbocycles. The first kappa shape index (κ1) is 18.3. The maximum absolute atomic E-state index is 12.5. The Morgan fingerprint density at radius 2 is 1.96 bits per heavy atom. The summed E-state index contributed by atoms with van der Waals surface area (Å²) in [6.45, 7) is 7.17. The lowest BCUT2D eigenvalue weighted by Gasteiger charge is -2.28. The van der Waals surface area contributed by atoms with Crippen molar-refractivity contribution in [3.63, 3.8) is 0 Å². The van der Waals surface area contributed by atoms with Crippen LogP contribution in [0.3, 0.4) is 0 Å². The van der Waals surface area contributed by atoms with Crippen molar-refractivity contribution in [1.82, 2.24) is 9.97 Å². The van der Waals surface area contributed by atoms with E-state index in [1.54, 1.807) is 0 Å². The fraction of sp³-hybridized carbons (Fsp3) is 0.450. The fourth-order valence-electron chi connectivity index (χ4n) is 3.11. The lowest BCUT2D eigenvalue weighted by Crippen LogP contribution is -2.37. The first-order valence-electron chi connectivity index (χ1n) is 9.06. The second-order valence-corrected chi connectivity index (χ2v) is 6.30. The van der Waals surface area contributed by atoms with Crippen molar-refractivity contribution < 1.29 is 14.3 Å². The topological polar surface area (TPSA) is 64.5 Å². The van der Waals surface area contributed by atoms with E-state index >= 15 is 0 Å². The Kier molecular flexibility index (Phi) is 6.17. The van der Waals surface area contributed by atoms with Crippen molar-refractivity contribution in [3.8, 4) is 0 Å². The van der Waals surface area contributed by atoms with Gasteiger partial charge >= 0.3 is 5.97 Å². The smallest absolute Gasteiger partial charge is 0.313 e. The number of rotatable bonds is 6. The van der Waals surface area contributed by atoms with Gasteiger partial charge in [-0.05, 0) is 19.4 Å². The van der Waals surface area contributed by atoms with Gasteiger partial charge in [-0.15, -0.1) is 0 Å². The first-order chi connectivity index (χ1) is 12.7. The minimum Gasteiger partial charge on any atom is -0.466 e. The molecule has 1 saturated heterocycles. The van der Waals surface area contributed by atoms with E-state index < -0.39 is 5.92 Å². The third-order valence-electron chi connectivity index (χ3n) is 4.38. The van der Waals surface area contributed by atoms with Crippen LogP contribution in [0, 0.1) is 6.92 Å². The highest BCUT2D eigenvalue weighted by Crippen LogP contribution is 2.23. The van der Waals surface area contributed by atoms with Crippen molar-refractivity contribution >= 4 is 11.8 Å². The summed E-state index contributed by atoms with van der Waals surface area (Å²) in [6.07, 6.45) is 0.419. The molecule has 6 heteroatoms. The molecule has 1 fully saturated rings. The monoisotopic (exact) mass is 355 g/mol. The minimum absolute atomic E-state index is 0.239. The summed E-state index contributed by atoms with van der Waals surface area (Å²) in [5.41, 5.74) is 1.82. The average Bonchev–Trinajstić information content (AvgIpc) is 2.67. The number of aromatic nitrogens is 2. The number of benzene rings is 1. The highest BCUT2D eigenvalue weighted by atomic mass is 16.5. The van der Waals surface area contributed by atoms with Crippen LogP contribution in [0.2, 0.25) is 0 Å². The van der Waals surface area contributed by atoms with Crippen LogP contribution < -0.4 is 4.90 Å². The summed E-state index contributed by atoms with van der Waals surface area (Å²) in [5.74, 6) is 0.909. The molecule has 1 unspecified atom stereocenters. The zero-order valence-corrected chi connectivity index (χ0v) is 15.4. The Balaban J connectivity index is 1.86. The van der Waals surface area contributed by atoms with E-state index in [0.29, 0.717) is 32.1 Å². The number of aryl methyl sites for hydroxylation is 1. The van der Waals surface area contributed by atoms with Gasteiger partial charge < -0.3 is 14.4 Å². The van der Waals surface area contributed by atoms with Gasteiger partial charge in [0.25, 0.3) is 0 Å². The summed E-state index contributed by atoms with van der Waals surface area (Å²) in [6, 6.07) is 11.7. The van der Waals surface area contributed by atoms with Gasteiger partial charge in [-0.3, -0.25) is 4.79 Å². The number of morpholine rings is 1. The molecule has 6 nitrogen and oxygen atoms in total. The highest BCUT2D eigenvalue weighted by molar-refractivity contribution is 5.78. The molecule has 1 aliphatic heterocycles. The predicted octanol–water partition coefficient (Wildman–Crippen LogP) is 2.51. The lowest BCUT2D eigenvalue weighted by molar-refractivity contribution is -0.145. The molecule has 138 valence electrons. The quantitative estimate of drug-likeness (QED) is 0.742. The summed E-state index contributed by atoms with van der Waals surface area (Å²) in [5, 5.41) is 0. The van der Waals surface area contributed by atoms with Crippen molar-refractivity contribution in [3.05, 3.63) is 53.5 Å². The number of esters is 1. The molecule has 1 aromatic heterocycles. The molecule has 2 heterocycles. The van der Waals surface area contributed by atoms with Gasteiger partial charge in [0.2, 0.25) is 0 Å². The van der Waals surface area contributed by atoms with Crippen molar-refractivity contribution in [2.75, 3.05) is 37.8 Å². The zero-order valence-electron chi connectivity index (χ0n) is 15.4. The molecule has 0 N–H and O–H groups in total. The van der Waals surface area contributed by atoms with Gasteiger partial charge in [-0.1, -0.05) is 30.3 Å². The fourth-order valence-corrected chi connectivity index (χ4v) is 3.11. The Labute approximate surface area is 154 Å². The van der Waals surface area contributed by atoms with Gasteiger partial charge in [0.15, 0.2) is 0 Å². The number of anilines is 1. The van der Waals surface area contributed by atoms with Crippen LogP contribution in [0.1, 0.15) is 29.9 Å². The second-order valence-electron chi connectivity index (χ2n) is 6.30. The lowest BCUT2D eigenvalue weighted by atomic mass is 9.95.